The largest absolute Gasteiger partial charge is 0.486 e. The molecule has 1 aliphatic heterocycles. The lowest BCUT2D eigenvalue weighted by Gasteiger charge is -2.31. The second kappa shape index (κ2) is 10.8. The van der Waals surface area contributed by atoms with Crippen molar-refractivity contribution in [1.29, 1.82) is 0 Å². The van der Waals surface area contributed by atoms with Crippen molar-refractivity contribution in [2.75, 3.05) is 32.5 Å². The van der Waals surface area contributed by atoms with Crippen LogP contribution in [0, 0.1) is 5.41 Å². The summed E-state index contributed by atoms with van der Waals surface area (Å²) in [5.41, 5.74) is 8.27. The molecule has 0 unspecified atom stereocenters. The molecule has 3 aromatic rings. The number of fused-ring (bicyclic) bond motifs is 3. The maximum Gasteiger partial charge on any atom is 0.416 e. The molecular weight excluding hydrogens is 549 g/mol. The molecule has 12 heteroatoms. The summed E-state index contributed by atoms with van der Waals surface area (Å²) in [6.07, 6.45) is -0.638. The van der Waals surface area contributed by atoms with E-state index in [4.69, 9.17) is 10.5 Å². The van der Waals surface area contributed by atoms with Gasteiger partial charge in [0.15, 0.2) is 11.6 Å². The molecule has 9 nitrogen and oxygen atoms in total. The Kier molecular flexibility index (Phi) is 7.50. The Hall–Kier alpha value is -4.35. The lowest BCUT2D eigenvalue weighted by atomic mass is 9.90. The van der Waals surface area contributed by atoms with Crippen LogP contribution < -0.4 is 10.5 Å². The molecule has 2 N–H and O–H groups in total. The van der Waals surface area contributed by atoms with E-state index in [0.717, 1.165) is 42.6 Å². The summed E-state index contributed by atoms with van der Waals surface area (Å²) in [7, 11) is 1.56. The van der Waals surface area contributed by atoms with Crippen LogP contribution in [0.25, 0.3) is 11.3 Å². The number of alkyl halides is 3. The van der Waals surface area contributed by atoms with Crippen molar-refractivity contribution in [3.63, 3.8) is 0 Å². The summed E-state index contributed by atoms with van der Waals surface area (Å²) in [6, 6.07) is 5.75. The third-order valence-corrected chi connectivity index (χ3v) is 7.82. The van der Waals surface area contributed by atoms with Crippen molar-refractivity contribution in [2.45, 2.75) is 46.0 Å². The van der Waals surface area contributed by atoms with Gasteiger partial charge in [0.05, 0.1) is 12.1 Å². The van der Waals surface area contributed by atoms with Crippen molar-refractivity contribution in [3.8, 4) is 17.0 Å². The fraction of sp³-hybridized carbons (Fsp3) is 0.400. The Balaban J connectivity index is 1.40. The topological polar surface area (TPSA) is 107 Å². The number of carbonyl (C=O) groups excluding carboxylic acids is 2. The van der Waals surface area contributed by atoms with Gasteiger partial charge < -0.3 is 24.8 Å². The first-order valence-electron chi connectivity index (χ1n) is 13.6. The molecule has 5 rings (SSSR count). The van der Waals surface area contributed by atoms with Crippen molar-refractivity contribution in [2.24, 2.45) is 5.41 Å². The molecule has 222 valence electrons. The van der Waals surface area contributed by atoms with Crippen molar-refractivity contribution in [3.05, 3.63) is 71.3 Å². The van der Waals surface area contributed by atoms with Gasteiger partial charge in [-0.1, -0.05) is 32.6 Å². The predicted molar refractivity (Wildman–Crippen MR) is 151 cm³/mol. The zero-order chi connectivity index (χ0) is 30.4. The van der Waals surface area contributed by atoms with Crippen LogP contribution in [0.2, 0.25) is 0 Å². The SMILES string of the molecule is C=CC(=O)N(C)CCOc1c(N)ncnc1-c1ccc(CN2CCn3c(cc4c3CC(C)(C)C4)C2=O)c(C(F)(F)F)c1. The number of rotatable bonds is 8. The number of benzene rings is 1. The number of amides is 2. The molecule has 42 heavy (non-hydrogen) atoms. The maximum atomic E-state index is 14.4. The summed E-state index contributed by atoms with van der Waals surface area (Å²) in [6.45, 7) is 8.67. The molecule has 0 saturated heterocycles. The minimum atomic E-state index is -4.69. The number of nitrogens with two attached hydrogens (primary N) is 1. The number of aromatic nitrogens is 3. The number of likely N-dealkylation sites (N-methyl/N-ethyl adjacent to an activating group) is 1. The molecule has 3 heterocycles. The van der Waals surface area contributed by atoms with Gasteiger partial charge in [0.25, 0.3) is 5.91 Å². The zero-order valence-corrected chi connectivity index (χ0v) is 23.8. The normalized spacial score (nSPS) is 15.8. The molecule has 0 fully saturated rings. The van der Waals surface area contributed by atoms with Gasteiger partial charge in [0, 0.05) is 37.9 Å². The lowest BCUT2D eigenvalue weighted by molar-refractivity contribution is -0.138. The minimum Gasteiger partial charge on any atom is -0.486 e. The van der Waals surface area contributed by atoms with E-state index in [9.17, 15) is 22.8 Å². The van der Waals surface area contributed by atoms with Gasteiger partial charge in [-0.2, -0.15) is 13.2 Å². The zero-order valence-electron chi connectivity index (χ0n) is 23.8. The molecule has 0 saturated carbocycles. The third kappa shape index (κ3) is 5.57. The quantitative estimate of drug-likeness (QED) is 0.396. The maximum absolute atomic E-state index is 14.4. The summed E-state index contributed by atoms with van der Waals surface area (Å²) >= 11 is 0. The average molecular weight is 583 g/mol. The van der Waals surface area contributed by atoms with E-state index in [1.54, 1.807) is 7.05 Å². The summed E-state index contributed by atoms with van der Waals surface area (Å²) in [5.74, 6) is -0.617. The van der Waals surface area contributed by atoms with E-state index in [0.29, 0.717) is 18.8 Å². The molecule has 1 aromatic carbocycles. The Labute approximate surface area is 241 Å². The predicted octanol–water partition coefficient (Wildman–Crippen LogP) is 4.35. The fourth-order valence-electron chi connectivity index (χ4n) is 5.72. The first kappa shape index (κ1) is 29.2. The monoisotopic (exact) mass is 582 g/mol. The molecule has 0 radical (unpaired) electrons. The van der Waals surface area contributed by atoms with Crippen LogP contribution >= 0.6 is 0 Å². The van der Waals surface area contributed by atoms with Crippen molar-refractivity contribution < 1.29 is 27.5 Å². The van der Waals surface area contributed by atoms with E-state index in [1.807, 2.05) is 10.6 Å². The molecule has 2 amide bonds. The summed E-state index contributed by atoms with van der Waals surface area (Å²) in [4.78, 5) is 36.0. The van der Waals surface area contributed by atoms with Gasteiger partial charge in [-0.25, -0.2) is 9.97 Å². The number of halogens is 3. The molecule has 0 bridgehead atoms. The molecule has 0 atom stereocenters. The highest BCUT2D eigenvalue weighted by atomic mass is 19.4. The highest BCUT2D eigenvalue weighted by molar-refractivity contribution is 5.94. The molecular formula is C30H33F3N6O3. The highest BCUT2D eigenvalue weighted by Gasteiger charge is 2.38. The Morgan fingerprint density at radius 3 is 2.69 bits per heavy atom. The first-order valence-corrected chi connectivity index (χ1v) is 13.6. The standard InChI is InChI=1S/C30H33F3N6O3/c1-5-24(40)37(4)10-11-42-26-25(35-17-36-27(26)34)18-6-7-19(21(12-18)30(31,32)33)16-38-8-9-39-22(28(38)41)13-20-14-29(2,3)15-23(20)39/h5-7,12-13,17H,1,8-11,14-16H2,2-4H3,(H2,34,35,36). The van der Waals surface area contributed by atoms with Crippen LogP contribution in [0.1, 0.15) is 46.7 Å². The number of anilines is 1. The smallest absolute Gasteiger partial charge is 0.416 e. The van der Waals surface area contributed by atoms with Crippen LogP contribution in [0.4, 0.5) is 19.0 Å². The van der Waals surface area contributed by atoms with Crippen LogP contribution in [-0.2, 0) is 36.9 Å². The van der Waals surface area contributed by atoms with Crippen LogP contribution in [0.3, 0.4) is 0 Å². The second-order valence-corrected chi connectivity index (χ2v) is 11.5. The number of hydrogen-bond donors (Lipinski definition) is 1. The number of nitrogen functional groups attached to an aromatic ring is 1. The second-order valence-electron chi connectivity index (χ2n) is 11.5. The van der Waals surface area contributed by atoms with E-state index in [-0.39, 0.29) is 65.3 Å². The van der Waals surface area contributed by atoms with Gasteiger partial charge in [-0.05, 0) is 47.6 Å². The summed E-state index contributed by atoms with van der Waals surface area (Å²) < 4.78 is 50.8. The van der Waals surface area contributed by atoms with Gasteiger partial charge in [0.1, 0.15) is 24.3 Å². The summed E-state index contributed by atoms with van der Waals surface area (Å²) in [5, 5.41) is 0. The van der Waals surface area contributed by atoms with Gasteiger partial charge in [-0.15, -0.1) is 0 Å². The Bertz CT molecular complexity index is 1560. The number of carbonyl (C=O) groups is 2. The van der Waals surface area contributed by atoms with E-state index in [1.165, 1.54) is 21.9 Å². The average Bonchev–Trinajstić information content (AvgIpc) is 3.42. The van der Waals surface area contributed by atoms with Crippen LogP contribution in [-0.4, -0.2) is 62.9 Å². The van der Waals surface area contributed by atoms with Gasteiger partial charge >= 0.3 is 6.18 Å². The molecule has 1 aliphatic carbocycles. The third-order valence-electron chi connectivity index (χ3n) is 7.82. The Morgan fingerprint density at radius 1 is 1.21 bits per heavy atom. The van der Waals surface area contributed by atoms with Gasteiger partial charge in [0.2, 0.25) is 5.91 Å². The number of hydrogen-bond acceptors (Lipinski definition) is 6. The van der Waals surface area contributed by atoms with Crippen LogP contribution in [0.15, 0.2) is 43.2 Å². The van der Waals surface area contributed by atoms with Crippen molar-refractivity contribution >= 4 is 17.6 Å². The van der Waals surface area contributed by atoms with E-state index >= 15 is 0 Å². The molecule has 2 aliphatic rings. The van der Waals surface area contributed by atoms with Gasteiger partial charge in [-0.3, -0.25) is 9.59 Å². The molecule has 0 spiro atoms. The van der Waals surface area contributed by atoms with Crippen molar-refractivity contribution in [1.82, 2.24) is 24.3 Å². The highest BCUT2D eigenvalue weighted by Crippen LogP contribution is 2.41. The number of ether oxygens (including phenoxy) is 1. The van der Waals surface area contributed by atoms with E-state index in [2.05, 4.69) is 30.4 Å². The van der Waals surface area contributed by atoms with Crippen LogP contribution in [0.5, 0.6) is 5.75 Å². The fourth-order valence-corrected chi connectivity index (χ4v) is 5.72. The number of nitrogens with zero attached hydrogens (tertiary/aromatic N) is 5. The first-order chi connectivity index (χ1) is 19.8. The molecule has 2 aromatic heterocycles. The van der Waals surface area contributed by atoms with E-state index < -0.39 is 11.7 Å². The lowest BCUT2D eigenvalue weighted by Crippen LogP contribution is -2.40. The Morgan fingerprint density at radius 2 is 1.98 bits per heavy atom. The minimum absolute atomic E-state index is 0.00455.